The summed E-state index contributed by atoms with van der Waals surface area (Å²) in [5, 5.41) is 9.56. The fraction of sp³-hybridized carbons (Fsp3) is 0.400. The number of amides is 3. The first-order valence-electron chi connectivity index (χ1n) is 30.2. The van der Waals surface area contributed by atoms with E-state index < -0.39 is 0 Å². The van der Waals surface area contributed by atoms with Crippen LogP contribution < -0.4 is 34.9 Å². The van der Waals surface area contributed by atoms with E-state index >= 15 is 0 Å². The number of ether oxygens (including phenoxy) is 4. The Hall–Kier alpha value is -7.85. The maximum atomic E-state index is 14.3. The van der Waals surface area contributed by atoms with Crippen molar-refractivity contribution in [3.63, 3.8) is 0 Å². The Kier molecular flexibility index (Phi) is 19.5. The van der Waals surface area contributed by atoms with Gasteiger partial charge in [0.05, 0.1) is 25.2 Å². The van der Waals surface area contributed by atoms with Crippen molar-refractivity contribution < 1.29 is 33.3 Å². The summed E-state index contributed by atoms with van der Waals surface area (Å²) in [7, 11) is 1.74. The standard InChI is InChI=1S/C75H91N3O7/c1-47(50-26-20-17-21-27-50)76-65(79)44-83-69-55-32-53-36-61(72(4,5)6)37-54(68(53)82-16)33-56-39-63(74(10,11)12)41-58(70(56)84-45-66(80)77-48(2)51-28-22-18-23-29-51)35-60-43-64(75(13,14)15)42-59(34-57(69)40-62(38-55)73(7,8)9)71(60)85-46-67(81)78-49(3)52-30-24-19-25-31-52/h17-31,36-43,47-49H,32-35,44-46H2,1-16H3,(H,76,79)(H,77,80)(H,78,81)/t47-,48-,49-/m0/s1. The number of methoxy groups -OCH3 is 1. The molecule has 3 amide bonds. The first kappa shape index (κ1) is 63.2. The molecule has 10 nitrogen and oxygen atoms in total. The Bertz CT molecular complexity index is 3310. The van der Waals surface area contributed by atoms with Gasteiger partial charge in [0.15, 0.2) is 19.8 Å². The number of benzene rings is 7. The van der Waals surface area contributed by atoms with Gasteiger partial charge >= 0.3 is 0 Å². The van der Waals surface area contributed by atoms with Crippen molar-refractivity contribution in [1.29, 1.82) is 0 Å². The summed E-state index contributed by atoms with van der Waals surface area (Å²) in [5.74, 6) is 1.74. The molecule has 0 saturated carbocycles. The molecular weight excluding hydrogens is 1050 g/mol. The van der Waals surface area contributed by atoms with Crippen LogP contribution in [0.4, 0.5) is 0 Å². The van der Waals surface area contributed by atoms with Crippen LogP contribution in [0.3, 0.4) is 0 Å². The highest BCUT2D eigenvalue weighted by molar-refractivity contribution is 5.79. The van der Waals surface area contributed by atoms with Crippen LogP contribution in [0, 0.1) is 0 Å². The third-order valence-corrected chi connectivity index (χ3v) is 16.2. The van der Waals surface area contributed by atoms with E-state index in [1.165, 1.54) is 0 Å². The van der Waals surface area contributed by atoms with Crippen molar-refractivity contribution in [1.82, 2.24) is 16.0 Å². The molecule has 0 spiro atoms. The molecule has 0 saturated heterocycles. The van der Waals surface area contributed by atoms with Crippen LogP contribution in [0.5, 0.6) is 23.0 Å². The van der Waals surface area contributed by atoms with Crippen LogP contribution in [-0.4, -0.2) is 44.7 Å². The van der Waals surface area contributed by atoms with Crippen LogP contribution in [-0.2, 0) is 61.7 Å². The molecule has 7 aromatic rings. The lowest BCUT2D eigenvalue weighted by Crippen LogP contribution is -2.32. The average molecular weight is 1150 g/mol. The summed E-state index contributed by atoms with van der Waals surface area (Å²) in [6.45, 7) is 31.8. The molecule has 3 N–H and O–H groups in total. The molecule has 1 aliphatic carbocycles. The number of hydrogen-bond acceptors (Lipinski definition) is 7. The number of rotatable bonds is 16. The maximum Gasteiger partial charge on any atom is 0.258 e. The van der Waals surface area contributed by atoms with Crippen LogP contribution in [0.15, 0.2) is 140 Å². The second-order valence-electron chi connectivity index (χ2n) is 27.4. The van der Waals surface area contributed by atoms with Gasteiger partial charge in [0.2, 0.25) is 0 Å². The molecule has 1 aliphatic rings. The van der Waals surface area contributed by atoms with Crippen LogP contribution in [0.1, 0.15) is 205 Å². The molecule has 3 atom stereocenters. The lowest BCUT2D eigenvalue weighted by Gasteiger charge is -2.29. The zero-order valence-electron chi connectivity index (χ0n) is 53.3. The Morgan fingerprint density at radius 3 is 0.741 bits per heavy atom. The smallest absolute Gasteiger partial charge is 0.258 e. The number of hydrogen-bond donors (Lipinski definition) is 3. The molecule has 85 heavy (non-hydrogen) atoms. The van der Waals surface area contributed by atoms with Crippen molar-refractivity contribution in [2.45, 2.75) is 169 Å². The molecule has 8 bridgehead atoms. The van der Waals surface area contributed by atoms with Gasteiger partial charge in [-0.1, -0.05) is 223 Å². The quantitative estimate of drug-likeness (QED) is 0.0880. The largest absolute Gasteiger partial charge is 0.496 e. The van der Waals surface area contributed by atoms with Gasteiger partial charge in [-0.15, -0.1) is 0 Å². The molecule has 7 aromatic carbocycles. The zero-order valence-corrected chi connectivity index (χ0v) is 53.3. The highest BCUT2D eigenvalue weighted by Crippen LogP contribution is 2.44. The Morgan fingerprint density at radius 2 is 0.553 bits per heavy atom. The van der Waals surface area contributed by atoms with Crippen molar-refractivity contribution in [2.24, 2.45) is 0 Å². The van der Waals surface area contributed by atoms with Crippen molar-refractivity contribution in [3.05, 3.63) is 223 Å². The van der Waals surface area contributed by atoms with Crippen LogP contribution >= 0.6 is 0 Å². The van der Waals surface area contributed by atoms with Crippen molar-refractivity contribution in [3.8, 4) is 23.0 Å². The average Bonchev–Trinajstić information content (AvgIpc) is 1.72. The third kappa shape index (κ3) is 16.1. The second-order valence-corrected chi connectivity index (χ2v) is 27.4. The zero-order chi connectivity index (χ0) is 61.6. The highest BCUT2D eigenvalue weighted by atomic mass is 16.5. The number of carbonyl (C=O) groups is 3. The predicted molar refractivity (Wildman–Crippen MR) is 344 cm³/mol. The first-order chi connectivity index (χ1) is 40.0. The monoisotopic (exact) mass is 1150 g/mol. The van der Waals surface area contributed by atoms with E-state index in [1.54, 1.807) is 7.11 Å². The van der Waals surface area contributed by atoms with Crippen molar-refractivity contribution >= 4 is 17.7 Å². The topological polar surface area (TPSA) is 124 Å². The van der Waals surface area contributed by atoms with E-state index in [1.807, 2.05) is 112 Å². The number of fused-ring (bicyclic) bond motifs is 8. The van der Waals surface area contributed by atoms with E-state index in [2.05, 4.69) is 148 Å². The summed E-state index contributed by atoms with van der Waals surface area (Å²) in [4.78, 5) is 42.7. The predicted octanol–water partition coefficient (Wildman–Crippen LogP) is 15.3. The van der Waals surface area contributed by atoms with E-state index in [0.29, 0.717) is 42.9 Å². The summed E-state index contributed by atoms with van der Waals surface area (Å²) in [6, 6.07) is 46.8. The van der Waals surface area contributed by atoms with Crippen LogP contribution in [0.25, 0.3) is 0 Å². The minimum absolute atomic E-state index is 0.233. The highest BCUT2D eigenvalue weighted by Gasteiger charge is 2.30. The first-order valence-corrected chi connectivity index (χ1v) is 30.2. The minimum Gasteiger partial charge on any atom is -0.496 e. The van der Waals surface area contributed by atoms with Gasteiger partial charge in [0, 0.05) is 25.7 Å². The second kappa shape index (κ2) is 26.2. The summed E-state index contributed by atoms with van der Waals surface area (Å²) < 4.78 is 27.6. The fourth-order valence-electron chi connectivity index (χ4n) is 11.2. The molecule has 0 aliphatic heterocycles. The van der Waals surface area contributed by atoms with Gasteiger partial charge in [-0.3, -0.25) is 14.4 Å². The van der Waals surface area contributed by atoms with Gasteiger partial charge in [0.25, 0.3) is 17.7 Å². The van der Waals surface area contributed by atoms with Gasteiger partial charge in [-0.2, -0.15) is 0 Å². The lowest BCUT2D eigenvalue weighted by molar-refractivity contribution is -0.124. The normalized spacial score (nSPS) is 13.8. The molecule has 0 fully saturated rings. The number of nitrogens with one attached hydrogen (secondary N) is 3. The summed E-state index contributed by atoms with van der Waals surface area (Å²) in [6.07, 6.45) is 1.45. The van der Waals surface area contributed by atoms with Gasteiger partial charge in [-0.25, -0.2) is 0 Å². The fourth-order valence-corrected chi connectivity index (χ4v) is 11.2. The maximum absolute atomic E-state index is 14.3. The Morgan fingerprint density at radius 1 is 0.353 bits per heavy atom. The van der Waals surface area contributed by atoms with Gasteiger partial charge < -0.3 is 34.9 Å². The van der Waals surface area contributed by atoms with E-state index in [4.69, 9.17) is 18.9 Å². The molecule has 448 valence electrons. The third-order valence-electron chi connectivity index (χ3n) is 16.2. The van der Waals surface area contributed by atoms with Crippen molar-refractivity contribution in [2.75, 3.05) is 26.9 Å². The van der Waals surface area contributed by atoms with Gasteiger partial charge in [0.1, 0.15) is 23.0 Å². The minimum atomic E-state index is -0.341. The van der Waals surface area contributed by atoms with Crippen LogP contribution in [0.2, 0.25) is 0 Å². The molecule has 0 aromatic heterocycles. The Balaban J connectivity index is 1.39. The Labute approximate surface area is 506 Å². The number of carbonyl (C=O) groups excluding carboxylic acids is 3. The molecule has 0 radical (unpaired) electrons. The summed E-state index contributed by atoms with van der Waals surface area (Å²) >= 11 is 0. The van der Waals surface area contributed by atoms with E-state index in [9.17, 15) is 14.4 Å². The molecule has 8 rings (SSSR count). The van der Waals surface area contributed by atoms with Gasteiger partial charge in [-0.05, 0) is 126 Å². The molecule has 0 unspecified atom stereocenters. The van der Waals surface area contributed by atoms with E-state index in [-0.39, 0.29) is 77.3 Å². The lowest BCUT2D eigenvalue weighted by atomic mass is 9.79. The molecule has 0 heterocycles. The SMILES string of the molecule is COc1c2cc(C(C)(C)C)cc1Cc1cc(C(C)(C)C)cc(c1OCC(=O)N[C@@H](C)c1ccccc1)Cc1cc(C(C)(C)C)cc(c1OCC(=O)N[C@@H](C)c1ccccc1)Cc1cc(C(C)(C)C)cc(c1OCC(=O)N[C@@H](C)c1ccccc1)C2. The summed E-state index contributed by atoms with van der Waals surface area (Å²) in [5.41, 5.74) is 13.3. The van der Waals surface area contributed by atoms with E-state index in [0.717, 1.165) is 89.2 Å². The molecule has 10 heteroatoms. The molecular formula is C75H91N3O7.